The van der Waals surface area contributed by atoms with E-state index >= 15 is 0 Å². The molecule has 0 fully saturated rings. The highest BCUT2D eigenvalue weighted by Crippen LogP contribution is 2.32. The molecule has 3 rings (SSSR count). The number of aromatic nitrogens is 2. The monoisotopic (exact) mass is 359 g/mol. The third-order valence-electron chi connectivity index (χ3n) is 3.74. The highest BCUT2D eigenvalue weighted by Gasteiger charge is 2.22. The summed E-state index contributed by atoms with van der Waals surface area (Å²) < 4.78 is 1.90. The number of hydrogen-bond donors (Lipinski definition) is 1. The maximum Gasteiger partial charge on any atom is 0.269 e. The van der Waals surface area contributed by atoms with Crippen molar-refractivity contribution in [2.24, 2.45) is 5.73 Å². The predicted molar refractivity (Wildman–Crippen MR) is 96.9 cm³/mol. The first-order valence-electron chi connectivity index (χ1n) is 7.45. The SMILES string of the molecule is CCc1c(C(N)=O)nc(-c2ccccc2Cl)n1-c1ccc(Cl)cc1. The van der Waals surface area contributed by atoms with E-state index < -0.39 is 5.91 Å². The summed E-state index contributed by atoms with van der Waals surface area (Å²) in [4.78, 5) is 16.3. The molecule has 0 atom stereocenters. The molecule has 2 aromatic carbocycles. The zero-order chi connectivity index (χ0) is 17.3. The Bertz CT molecular complexity index is 901. The lowest BCUT2D eigenvalue weighted by Gasteiger charge is -2.12. The van der Waals surface area contributed by atoms with Crippen molar-refractivity contribution in [1.29, 1.82) is 0 Å². The minimum atomic E-state index is -0.562. The van der Waals surface area contributed by atoms with Crippen LogP contribution in [0.5, 0.6) is 0 Å². The normalized spacial score (nSPS) is 10.8. The Morgan fingerprint density at radius 1 is 1.12 bits per heavy atom. The predicted octanol–water partition coefficient (Wildman–Crippen LogP) is 4.51. The molecule has 0 aliphatic rings. The van der Waals surface area contributed by atoms with E-state index in [0.717, 1.165) is 16.9 Å². The van der Waals surface area contributed by atoms with Crippen molar-refractivity contribution in [1.82, 2.24) is 9.55 Å². The van der Waals surface area contributed by atoms with Crippen molar-refractivity contribution in [2.45, 2.75) is 13.3 Å². The lowest BCUT2D eigenvalue weighted by molar-refractivity contribution is 0.0995. The second-order valence-electron chi connectivity index (χ2n) is 5.24. The number of rotatable bonds is 4. The average molecular weight is 360 g/mol. The van der Waals surface area contributed by atoms with E-state index in [-0.39, 0.29) is 5.69 Å². The number of halogens is 2. The Balaban J connectivity index is 2.34. The van der Waals surface area contributed by atoms with Crippen LogP contribution in [-0.4, -0.2) is 15.5 Å². The van der Waals surface area contributed by atoms with Crippen molar-refractivity contribution in [2.75, 3.05) is 0 Å². The first kappa shape index (κ1) is 16.6. The van der Waals surface area contributed by atoms with Crippen molar-refractivity contribution in [3.8, 4) is 17.1 Å². The van der Waals surface area contributed by atoms with E-state index in [1.165, 1.54) is 0 Å². The van der Waals surface area contributed by atoms with Gasteiger partial charge in [-0.25, -0.2) is 4.98 Å². The summed E-state index contributed by atoms with van der Waals surface area (Å²) in [5.74, 6) is 0.0152. The van der Waals surface area contributed by atoms with Gasteiger partial charge in [-0.2, -0.15) is 0 Å². The number of amides is 1. The third-order valence-corrected chi connectivity index (χ3v) is 4.32. The van der Waals surface area contributed by atoms with Gasteiger partial charge in [0.25, 0.3) is 5.91 Å². The molecule has 1 aromatic heterocycles. The summed E-state index contributed by atoms with van der Waals surface area (Å²) in [6.45, 7) is 1.95. The first-order valence-corrected chi connectivity index (χ1v) is 8.20. The molecule has 0 aliphatic heterocycles. The fourth-order valence-corrected chi connectivity index (χ4v) is 3.01. The highest BCUT2D eigenvalue weighted by atomic mass is 35.5. The zero-order valence-electron chi connectivity index (χ0n) is 13.0. The first-order chi connectivity index (χ1) is 11.5. The summed E-state index contributed by atoms with van der Waals surface area (Å²) in [5, 5.41) is 1.18. The molecule has 0 saturated carbocycles. The van der Waals surface area contributed by atoms with Crippen LogP contribution in [0.1, 0.15) is 23.1 Å². The van der Waals surface area contributed by atoms with Gasteiger partial charge < -0.3 is 5.73 Å². The molecule has 0 spiro atoms. The molecule has 24 heavy (non-hydrogen) atoms. The standard InChI is InChI=1S/C18H15Cl2N3O/c1-2-15-16(17(21)24)22-18(13-5-3-4-6-14(13)20)23(15)12-9-7-11(19)8-10-12/h3-10H,2H2,1H3,(H2,21,24). The number of imidazole rings is 1. The van der Waals surface area contributed by atoms with Crippen LogP contribution in [0.4, 0.5) is 0 Å². The molecule has 0 aliphatic carbocycles. The Morgan fingerprint density at radius 3 is 2.38 bits per heavy atom. The molecule has 1 heterocycles. The summed E-state index contributed by atoms with van der Waals surface area (Å²) in [5.41, 5.74) is 8.08. The van der Waals surface area contributed by atoms with E-state index in [1.807, 2.05) is 41.8 Å². The van der Waals surface area contributed by atoms with E-state index in [0.29, 0.717) is 22.3 Å². The van der Waals surface area contributed by atoms with Crippen LogP contribution in [0.25, 0.3) is 17.1 Å². The van der Waals surface area contributed by atoms with Gasteiger partial charge in [0.1, 0.15) is 11.5 Å². The fraction of sp³-hybridized carbons (Fsp3) is 0.111. The van der Waals surface area contributed by atoms with Gasteiger partial charge in [-0.15, -0.1) is 0 Å². The second kappa shape index (κ2) is 6.67. The number of carbonyl (C=O) groups excluding carboxylic acids is 1. The van der Waals surface area contributed by atoms with Crippen molar-refractivity contribution >= 4 is 29.1 Å². The summed E-state index contributed by atoms with van der Waals surface area (Å²) in [6, 6.07) is 14.7. The summed E-state index contributed by atoms with van der Waals surface area (Å²) in [6.07, 6.45) is 0.596. The Kier molecular flexibility index (Phi) is 4.60. The molecular formula is C18H15Cl2N3O. The van der Waals surface area contributed by atoms with E-state index in [1.54, 1.807) is 18.2 Å². The smallest absolute Gasteiger partial charge is 0.269 e. The Morgan fingerprint density at radius 2 is 1.79 bits per heavy atom. The van der Waals surface area contributed by atoms with Gasteiger partial charge in [-0.05, 0) is 42.8 Å². The van der Waals surface area contributed by atoms with Gasteiger partial charge in [0.2, 0.25) is 0 Å². The van der Waals surface area contributed by atoms with E-state index in [4.69, 9.17) is 28.9 Å². The van der Waals surface area contributed by atoms with Gasteiger partial charge >= 0.3 is 0 Å². The number of primary amides is 1. The van der Waals surface area contributed by atoms with Crippen molar-refractivity contribution in [3.63, 3.8) is 0 Å². The molecule has 4 nitrogen and oxygen atoms in total. The number of carbonyl (C=O) groups is 1. The van der Waals surface area contributed by atoms with Crippen molar-refractivity contribution in [3.05, 3.63) is 70.0 Å². The topological polar surface area (TPSA) is 60.9 Å². The molecule has 3 aromatic rings. The molecule has 2 N–H and O–H groups in total. The lowest BCUT2D eigenvalue weighted by Crippen LogP contribution is -2.14. The van der Waals surface area contributed by atoms with Crippen LogP contribution in [0.2, 0.25) is 10.0 Å². The summed E-state index contributed by atoms with van der Waals surface area (Å²) >= 11 is 12.3. The number of benzene rings is 2. The van der Waals surface area contributed by atoms with Crippen molar-refractivity contribution < 1.29 is 4.79 Å². The van der Waals surface area contributed by atoms with Crippen LogP contribution < -0.4 is 5.73 Å². The van der Waals surface area contributed by atoms with Gasteiger partial charge in [0, 0.05) is 16.3 Å². The Hall–Kier alpha value is -2.30. The highest BCUT2D eigenvalue weighted by molar-refractivity contribution is 6.33. The fourth-order valence-electron chi connectivity index (χ4n) is 2.67. The molecule has 1 amide bonds. The number of hydrogen-bond acceptors (Lipinski definition) is 2. The molecule has 0 radical (unpaired) electrons. The maximum absolute atomic E-state index is 11.8. The largest absolute Gasteiger partial charge is 0.364 e. The quantitative estimate of drug-likeness (QED) is 0.744. The van der Waals surface area contributed by atoms with Gasteiger partial charge in [0.15, 0.2) is 0 Å². The molecule has 0 unspecified atom stereocenters. The molecule has 0 saturated heterocycles. The van der Waals surface area contributed by atoms with E-state index in [2.05, 4.69) is 4.98 Å². The van der Waals surface area contributed by atoms with Crippen LogP contribution in [0.15, 0.2) is 48.5 Å². The van der Waals surface area contributed by atoms with Crippen LogP contribution in [-0.2, 0) is 6.42 Å². The van der Waals surface area contributed by atoms with Crippen LogP contribution >= 0.6 is 23.2 Å². The minimum absolute atomic E-state index is 0.252. The zero-order valence-corrected chi connectivity index (χ0v) is 14.5. The van der Waals surface area contributed by atoms with Crippen LogP contribution in [0, 0.1) is 0 Å². The second-order valence-corrected chi connectivity index (χ2v) is 6.08. The number of nitrogens with zero attached hydrogens (tertiary/aromatic N) is 2. The van der Waals surface area contributed by atoms with Gasteiger partial charge in [0.05, 0.1) is 10.7 Å². The maximum atomic E-state index is 11.8. The minimum Gasteiger partial charge on any atom is -0.364 e. The lowest BCUT2D eigenvalue weighted by atomic mass is 10.2. The van der Waals surface area contributed by atoms with Gasteiger partial charge in [-0.1, -0.05) is 42.3 Å². The molecule has 0 bridgehead atoms. The molecular weight excluding hydrogens is 345 g/mol. The third kappa shape index (κ3) is 2.90. The molecule has 6 heteroatoms. The number of nitrogens with two attached hydrogens (primary N) is 1. The Labute approximate surface area is 149 Å². The summed E-state index contributed by atoms with van der Waals surface area (Å²) in [7, 11) is 0. The average Bonchev–Trinajstić information content (AvgIpc) is 2.95. The molecule has 122 valence electrons. The van der Waals surface area contributed by atoms with Crippen LogP contribution in [0.3, 0.4) is 0 Å². The van der Waals surface area contributed by atoms with E-state index in [9.17, 15) is 4.79 Å². The van der Waals surface area contributed by atoms with Gasteiger partial charge in [-0.3, -0.25) is 9.36 Å².